The lowest BCUT2D eigenvalue weighted by Crippen LogP contribution is -2.53. The lowest BCUT2D eigenvalue weighted by atomic mass is 10.1. The van der Waals surface area contributed by atoms with E-state index in [2.05, 4.69) is 26.1 Å². The summed E-state index contributed by atoms with van der Waals surface area (Å²) in [4.78, 5) is 14.0. The number of nitrogens with one attached hydrogen (secondary N) is 1. The number of hydrogen-bond acceptors (Lipinski definition) is 4. The predicted octanol–water partition coefficient (Wildman–Crippen LogP) is 0.859. The Balaban J connectivity index is 2.29. The second-order valence-corrected chi connectivity index (χ2v) is 5.24. The molecule has 0 aliphatic carbocycles. The van der Waals surface area contributed by atoms with Gasteiger partial charge >= 0.3 is 0 Å². The zero-order valence-electron chi connectivity index (χ0n) is 10.9. The highest BCUT2D eigenvalue weighted by atomic mass is 79.9. The third-order valence-corrected chi connectivity index (χ3v) is 3.87. The molecule has 1 fully saturated rings. The molecule has 1 saturated heterocycles. The van der Waals surface area contributed by atoms with Crippen molar-refractivity contribution in [2.75, 3.05) is 31.7 Å². The fourth-order valence-electron chi connectivity index (χ4n) is 2.19. The minimum Gasteiger partial charge on any atom is -0.377 e. The third kappa shape index (κ3) is 3.08. The van der Waals surface area contributed by atoms with Gasteiger partial charge in [0, 0.05) is 24.6 Å². The first-order valence-corrected chi connectivity index (χ1v) is 7.01. The van der Waals surface area contributed by atoms with Crippen molar-refractivity contribution in [1.29, 1.82) is 0 Å². The van der Waals surface area contributed by atoms with Crippen molar-refractivity contribution in [3.05, 3.63) is 28.2 Å². The van der Waals surface area contributed by atoms with Gasteiger partial charge in [-0.05, 0) is 33.6 Å². The predicted molar refractivity (Wildman–Crippen MR) is 78.1 cm³/mol. The molecular formula is C13H18BrN3O2. The van der Waals surface area contributed by atoms with Crippen LogP contribution in [0.4, 0.5) is 5.69 Å². The number of carbonyl (C=O) groups excluding carboxylic acids is 1. The van der Waals surface area contributed by atoms with Crippen LogP contribution in [0.2, 0.25) is 0 Å². The Kier molecular flexibility index (Phi) is 4.79. The number of carbonyl (C=O) groups is 1. The van der Waals surface area contributed by atoms with Crippen LogP contribution < -0.4 is 16.0 Å². The second-order valence-electron chi connectivity index (χ2n) is 4.39. The second kappa shape index (κ2) is 6.36. The van der Waals surface area contributed by atoms with Crippen LogP contribution in [-0.2, 0) is 16.1 Å². The summed E-state index contributed by atoms with van der Waals surface area (Å²) in [6.45, 7) is 2.23. The van der Waals surface area contributed by atoms with Crippen molar-refractivity contribution in [1.82, 2.24) is 5.32 Å². The molecule has 1 aromatic carbocycles. The molecule has 104 valence electrons. The van der Waals surface area contributed by atoms with Crippen LogP contribution in [-0.4, -0.2) is 38.8 Å². The highest BCUT2D eigenvalue weighted by Gasteiger charge is 2.29. The minimum absolute atomic E-state index is 0.0329. The van der Waals surface area contributed by atoms with E-state index in [0.717, 1.165) is 15.7 Å². The Morgan fingerprint density at radius 1 is 1.63 bits per heavy atom. The van der Waals surface area contributed by atoms with Gasteiger partial charge in [0.2, 0.25) is 5.91 Å². The van der Waals surface area contributed by atoms with E-state index in [1.165, 1.54) is 0 Å². The summed E-state index contributed by atoms with van der Waals surface area (Å²) in [6.07, 6.45) is 0. The van der Waals surface area contributed by atoms with Gasteiger partial charge in [0.05, 0.1) is 18.9 Å². The number of nitrogens with zero attached hydrogens (tertiary/aromatic N) is 1. The number of anilines is 1. The summed E-state index contributed by atoms with van der Waals surface area (Å²) in [6, 6.07) is 5.68. The standard InChI is InChI=1S/C13H18BrN3O2/c1-16-13(18)12-8-19-5-4-17(12)11-3-2-9(7-15)6-10(11)14/h2-3,6,12H,4-5,7-8,15H2,1H3,(H,16,18). The van der Waals surface area contributed by atoms with Gasteiger partial charge in [-0.3, -0.25) is 4.79 Å². The number of benzene rings is 1. The van der Waals surface area contributed by atoms with Gasteiger partial charge in [-0.1, -0.05) is 6.07 Å². The molecule has 0 spiro atoms. The zero-order valence-corrected chi connectivity index (χ0v) is 12.4. The molecular weight excluding hydrogens is 310 g/mol. The molecule has 1 aliphatic heterocycles. The maximum Gasteiger partial charge on any atom is 0.244 e. The van der Waals surface area contributed by atoms with Crippen molar-refractivity contribution in [3.63, 3.8) is 0 Å². The van der Waals surface area contributed by atoms with Crippen LogP contribution in [0.1, 0.15) is 5.56 Å². The van der Waals surface area contributed by atoms with E-state index < -0.39 is 0 Å². The van der Waals surface area contributed by atoms with E-state index in [0.29, 0.717) is 26.3 Å². The smallest absolute Gasteiger partial charge is 0.244 e. The number of nitrogens with two attached hydrogens (primary N) is 1. The van der Waals surface area contributed by atoms with E-state index in [4.69, 9.17) is 10.5 Å². The number of rotatable bonds is 3. The van der Waals surface area contributed by atoms with Crippen molar-refractivity contribution >= 4 is 27.5 Å². The van der Waals surface area contributed by atoms with Crippen LogP contribution in [0.25, 0.3) is 0 Å². The fraction of sp³-hybridized carbons (Fsp3) is 0.462. The highest BCUT2D eigenvalue weighted by Crippen LogP contribution is 2.30. The van der Waals surface area contributed by atoms with E-state index in [-0.39, 0.29) is 11.9 Å². The first kappa shape index (κ1) is 14.3. The number of amides is 1. The van der Waals surface area contributed by atoms with E-state index >= 15 is 0 Å². The topological polar surface area (TPSA) is 67.6 Å². The third-order valence-electron chi connectivity index (χ3n) is 3.23. The molecule has 0 saturated carbocycles. The summed E-state index contributed by atoms with van der Waals surface area (Å²) < 4.78 is 6.35. The maximum absolute atomic E-state index is 11.9. The number of likely N-dealkylation sites (N-methyl/N-ethyl adjacent to an activating group) is 1. The molecule has 6 heteroatoms. The first-order chi connectivity index (χ1) is 9.17. The lowest BCUT2D eigenvalue weighted by molar-refractivity contribution is -0.124. The Bertz CT molecular complexity index is 467. The summed E-state index contributed by atoms with van der Waals surface area (Å²) in [5.41, 5.74) is 7.68. The molecule has 2 rings (SSSR count). The number of hydrogen-bond donors (Lipinski definition) is 2. The molecule has 1 heterocycles. The normalized spacial score (nSPS) is 19.3. The van der Waals surface area contributed by atoms with E-state index in [1.807, 2.05) is 18.2 Å². The van der Waals surface area contributed by atoms with Gasteiger partial charge in [-0.2, -0.15) is 0 Å². The summed E-state index contributed by atoms with van der Waals surface area (Å²) in [7, 11) is 1.64. The largest absolute Gasteiger partial charge is 0.377 e. The molecule has 19 heavy (non-hydrogen) atoms. The monoisotopic (exact) mass is 327 g/mol. The van der Waals surface area contributed by atoms with Crippen molar-refractivity contribution in [2.45, 2.75) is 12.6 Å². The average molecular weight is 328 g/mol. The van der Waals surface area contributed by atoms with Gasteiger partial charge < -0.3 is 20.7 Å². The Hall–Kier alpha value is -1.11. The van der Waals surface area contributed by atoms with Crippen molar-refractivity contribution < 1.29 is 9.53 Å². The van der Waals surface area contributed by atoms with E-state index in [1.54, 1.807) is 7.05 Å². The molecule has 1 atom stereocenters. The molecule has 5 nitrogen and oxygen atoms in total. The van der Waals surface area contributed by atoms with Crippen LogP contribution >= 0.6 is 15.9 Å². The van der Waals surface area contributed by atoms with Gasteiger partial charge in [-0.25, -0.2) is 0 Å². The zero-order chi connectivity index (χ0) is 13.8. The van der Waals surface area contributed by atoms with Crippen LogP contribution in [0.3, 0.4) is 0 Å². The molecule has 0 aromatic heterocycles. The van der Waals surface area contributed by atoms with Crippen LogP contribution in [0, 0.1) is 0 Å². The molecule has 1 amide bonds. The average Bonchev–Trinajstić information content (AvgIpc) is 2.46. The summed E-state index contributed by atoms with van der Waals surface area (Å²) in [5, 5.41) is 2.68. The number of halogens is 1. The number of morpholine rings is 1. The quantitative estimate of drug-likeness (QED) is 0.864. The van der Waals surface area contributed by atoms with Crippen LogP contribution in [0.5, 0.6) is 0 Å². The fourth-order valence-corrected chi connectivity index (χ4v) is 2.84. The number of ether oxygens (including phenoxy) is 1. The molecule has 1 aliphatic rings. The Labute approximate surface area is 121 Å². The van der Waals surface area contributed by atoms with Gasteiger partial charge in [0.15, 0.2) is 0 Å². The van der Waals surface area contributed by atoms with Crippen molar-refractivity contribution in [2.24, 2.45) is 5.73 Å². The molecule has 3 N–H and O–H groups in total. The summed E-state index contributed by atoms with van der Waals surface area (Å²) in [5.74, 6) is -0.0329. The maximum atomic E-state index is 11.9. The Morgan fingerprint density at radius 2 is 2.42 bits per heavy atom. The van der Waals surface area contributed by atoms with Crippen molar-refractivity contribution in [3.8, 4) is 0 Å². The van der Waals surface area contributed by atoms with E-state index in [9.17, 15) is 4.79 Å². The summed E-state index contributed by atoms with van der Waals surface area (Å²) >= 11 is 3.55. The lowest BCUT2D eigenvalue weighted by Gasteiger charge is -2.36. The SMILES string of the molecule is CNC(=O)C1COCCN1c1ccc(CN)cc1Br. The Morgan fingerprint density at radius 3 is 3.05 bits per heavy atom. The van der Waals surface area contributed by atoms with Gasteiger partial charge in [-0.15, -0.1) is 0 Å². The minimum atomic E-state index is -0.293. The first-order valence-electron chi connectivity index (χ1n) is 6.22. The molecule has 0 bridgehead atoms. The van der Waals surface area contributed by atoms with Gasteiger partial charge in [0.25, 0.3) is 0 Å². The van der Waals surface area contributed by atoms with Gasteiger partial charge in [0.1, 0.15) is 6.04 Å². The molecule has 1 aromatic rings. The van der Waals surface area contributed by atoms with Crippen LogP contribution in [0.15, 0.2) is 22.7 Å². The molecule has 0 radical (unpaired) electrons. The molecule has 1 unspecified atom stereocenters. The highest BCUT2D eigenvalue weighted by molar-refractivity contribution is 9.10.